The maximum Gasteiger partial charge on any atom is 0.294 e. The van der Waals surface area contributed by atoms with E-state index in [9.17, 15) is 28.9 Å². The van der Waals surface area contributed by atoms with E-state index < -0.39 is 34.3 Å². The second-order valence-corrected chi connectivity index (χ2v) is 8.27. The van der Waals surface area contributed by atoms with E-state index in [4.69, 9.17) is 4.42 Å². The molecule has 0 atom stereocenters. The second-order valence-electron chi connectivity index (χ2n) is 7.28. The van der Waals surface area contributed by atoms with Crippen LogP contribution in [0.5, 0.6) is 0 Å². The van der Waals surface area contributed by atoms with E-state index in [0.717, 1.165) is 4.90 Å². The third-order valence-corrected chi connectivity index (χ3v) is 5.80. The normalized spacial score (nSPS) is 14.6. The summed E-state index contributed by atoms with van der Waals surface area (Å²) in [7, 11) is 0. The Hall–Kier alpha value is -4.25. The summed E-state index contributed by atoms with van der Waals surface area (Å²) < 4.78 is 18.7. The smallest absolute Gasteiger partial charge is 0.294 e. The number of carbonyl (C=O) groups is 3. The van der Waals surface area contributed by atoms with Gasteiger partial charge < -0.3 is 9.73 Å². The average Bonchev–Trinajstić information content (AvgIpc) is 3.35. The van der Waals surface area contributed by atoms with Crippen LogP contribution in [0, 0.1) is 22.9 Å². The minimum atomic E-state index is -0.645. The highest BCUT2D eigenvalue weighted by molar-refractivity contribution is 8.18. The van der Waals surface area contributed by atoms with Gasteiger partial charge in [0, 0.05) is 29.5 Å². The van der Waals surface area contributed by atoms with Crippen molar-refractivity contribution < 1.29 is 28.1 Å². The molecule has 1 saturated heterocycles. The minimum Gasteiger partial charge on any atom is -0.457 e. The summed E-state index contributed by atoms with van der Waals surface area (Å²) in [4.78, 5) is 48.5. The molecule has 1 aromatic heterocycles. The fourth-order valence-corrected chi connectivity index (χ4v) is 4.07. The predicted molar refractivity (Wildman–Crippen MR) is 123 cm³/mol. The Bertz CT molecular complexity index is 1350. The van der Waals surface area contributed by atoms with Crippen LogP contribution in [0.3, 0.4) is 0 Å². The van der Waals surface area contributed by atoms with Crippen LogP contribution in [-0.2, 0) is 9.59 Å². The van der Waals surface area contributed by atoms with Crippen molar-refractivity contribution in [2.24, 2.45) is 0 Å². The van der Waals surface area contributed by atoms with Crippen molar-refractivity contribution in [1.29, 1.82) is 0 Å². The van der Waals surface area contributed by atoms with Crippen molar-refractivity contribution in [3.8, 4) is 11.3 Å². The lowest BCUT2D eigenvalue weighted by Crippen LogP contribution is -2.36. The second kappa shape index (κ2) is 9.32. The lowest BCUT2D eigenvalue weighted by Gasteiger charge is -2.12. The van der Waals surface area contributed by atoms with Crippen molar-refractivity contribution in [3.05, 3.63) is 86.8 Å². The van der Waals surface area contributed by atoms with Gasteiger partial charge in [-0.15, -0.1) is 0 Å². The van der Waals surface area contributed by atoms with Gasteiger partial charge in [-0.25, -0.2) is 4.39 Å². The van der Waals surface area contributed by atoms with E-state index in [1.165, 1.54) is 42.5 Å². The third-order valence-electron chi connectivity index (χ3n) is 4.89. The zero-order valence-corrected chi connectivity index (χ0v) is 18.4. The molecule has 1 aliphatic heterocycles. The molecule has 4 rings (SSSR count). The molecule has 3 amide bonds. The van der Waals surface area contributed by atoms with Crippen molar-refractivity contribution >= 4 is 46.3 Å². The predicted octanol–water partition coefficient (Wildman–Crippen LogP) is 4.98. The number of nitro benzene ring substituents is 1. The number of non-ortho nitro benzene ring substituents is 1. The van der Waals surface area contributed by atoms with Gasteiger partial charge in [-0.3, -0.25) is 29.4 Å². The van der Waals surface area contributed by atoms with Crippen LogP contribution < -0.4 is 5.32 Å². The summed E-state index contributed by atoms with van der Waals surface area (Å²) in [6, 6.07) is 12.7. The number of nitrogens with one attached hydrogen (secondary N) is 1. The van der Waals surface area contributed by atoms with Gasteiger partial charge in [0.1, 0.15) is 23.9 Å². The van der Waals surface area contributed by atoms with Crippen LogP contribution in [0.1, 0.15) is 11.3 Å². The Balaban J connectivity index is 1.46. The maximum atomic E-state index is 13.0. The Morgan fingerprint density at radius 1 is 1.18 bits per heavy atom. The number of amides is 3. The summed E-state index contributed by atoms with van der Waals surface area (Å²) in [5.74, 6) is -0.970. The molecule has 0 spiro atoms. The van der Waals surface area contributed by atoms with Gasteiger partial charge >= 0.3 is 0 Å². The number of rotatable bonds is 6. The van der Waals surface area contributed by atoms with Crippen molar-refractivity contribution in [3.63, 3.8) is 0 Å². The molecular formula is C23H16FN3O6S. The Morgan fingerprint density at radius 2 is 1.91 bits per heavy atom. The van der Waals surface area contributed by atoms with Gasteiger partial charge in [-0.2, -0.15) is 0 Å². The Morgan fingerprint density at radius 3 is 2.59 bits per heavy atom. The van der Waals surface area contributed by atoms with Gasteiger partial charge in [-0.05, 0) is 66.7 Å². The standard InChI is InChI=1S/C23H16FN3O6S/c1-13-10-16(27(31)32)6-8-18(13)19-9-7-17(33-19)11-20-22(29)26(23(30)34-20)12-21(28)25-15-4-2-14(24)3-5-15/h2-11H,12H2,1H3,(H,25,28)/b20-11-. The molecule has 11 heteroatoms. The molecule has 34 heavy (non-hydrogen) atoms. The van der Waals surface area contributed by atoms with Gasteiger partial charge in [-0.1, -0.05) is 0 Å². The lowest BCUT2D eigenvalue weighted by atomic mass is 10.1. The van der Waals surface area contributed by atoms with Crippen LogP contribution in [0.2, 0.25) is 0 Å². The van der Waals surface area contributed by atoms with Gasteiger partial charge in [0.2, 0.25) is 5.91 Å². The van der Waals surface area contributed by atoms with Crippen LogP contribution in [0.15, 0.2) is 63.9 Å². The number of carbonyl (C=O) groups excluding carboxylic acids is 3. The number of nitrogens with zero attached hydrogens (tertiary/aromatic N) is 2. The molecule has 1 aliphatic rings. The van der Waals surface area contributed by atoms with Gasteiger partial charge in [0.15, 0.2) is 0 Å². The molecular weight excluding hydrogens is 465 g/mol. The molecule has 172 valence electrons. The number of aryl methyl sites for hydroxylation is 1. The number of hydrogen-bond donors (Lipinski definition) is 1. The summed E-state index contributed by atoms with van der Waals surface area (Å²) >= 11 is 0.674. The monoisotopic (exact) mass is 481 g/mol. The fraction of sp³-hybridized carbons (Fsp3) is 0.0870. The van der Waals surface area contributed by atoms with E-state index in [1.54, 1.807) is 25.1 Å². The molecule has 1 N–H and O–H groups in total. The molecule has 0 radical (unpaired) electrons. The van der Waals surface area contributed by atoms with Crippen molar-refractivity contribution in [2.45, 2.75) is 6.92 Å². The topological polar surface area (TPSA) is 123 Å². The molecule has 0 saturated carbocycles. The van der Waals surface area contributed by atoms with Crippen molar-refractivity contribution in [1.82, 2.24) is 4.90 Å². The Kier molecular flexibility index (Phi) is 6.28. The Labute approximate surface area is 196 Å². The maximum absolute atomic E-state index is 13.0. The molecule has 3 aromatic rings. The molecule has 2 heterocycles. The molecule has 0 aliphatic carbocycles. The first-order valence-corrected chi connectivity index (χ1v) is 10.7. The summed E-state index contributed by atoms with van der Waals surface area (Å²) in [5, 5.41) is 12.8. The first-order chi connectivity index (χ1) is 16.2. The number of furan rings is 1. The van der Waals surface area contributed by atoms with Crippen LogP contribution in [0.4, 0.5) is 20.6 Å². The van der Waals surface area contributed by atoms with Crippen LogP contribution >= 0.6 is 11.8 Å². The number of anilines is 1. The fourth-order valence-electron chi connectivity index (χ4n) is 3.26. The van der Waals surface area contributed by atoms with E-state index in [2.05, 4.69) is 5.32 Å². The highest BCUT2D eigenvalue weighted by atomic mass is 32.2. The number of thioether (sulfide) groups is 1. The first kappa shape index (κ1) is 22.9. The summed E-state index contributed by atoms with van der Waals surface area (Å²) in [5.41, 5.74) is 1.59. The number of halogens is 1. The van der Waals surface area contributed by atoms with E-state index in [-0.39, 0.29) is 10.6 Å². The average molecular weight is 481 g/mol. The largest absolute Gasteiger partial charge is 0.457 e. The van der Waals surface area contributed by atoms with Crippen LogP contribution in [-0.4, -0.2) is 33.4 Å². The van der Waals surface area contributed by atoms with E-state index in [1.807, 2.05) is 0 Å². The third kappa shape index (κ3) is 4.89. The number of benzene rings is 2. The molecule has 2 aromatic carbocycles. The summed E-state index contributed by atoms with van der Waals surface area (Å²) in [6.45, 7) is 1.22. The quantitative estimate of drug-likeness (QED) is 0.299. The van der Waals surface area contributed by atoms with Gasteiger partial charge in [0.05, 0.1) is 9.83 Å². The summed E-state index contributed by atoms with van der Waals surface area (Å²) in [6.07, 6.45) is 1.40. The molecule has 0 bridgehead atoms. The van der Waals surface area contributed by atoms with E-state index in [0.29, 0.717) is 40.1 Å². The van der Waals surface area contributed by atoms with Gasteiger partial charge in [0.25, 0.3) is 16.8 Å². The minimum absolute atomic E-state index is 0.0369. The molecule has 9 nitrogen and oxygen atoms in total. The van der Waals surface area contributed by atoms with E-state index >= 15 is 0 Å². The van der Waals surface area contributed by atoms with Crippen LogP contribution in [0.25, 0.3) is 17.4 Å². The number of hydrogen-bond acceptors (Lipinski definition) is 7. The SMILES string of the molecule is Cc1cc([N+](=O)[O-])ccc1-c1ccc(/C=C2\SC(=O)N(CC(=O)Nc3ccc(F)cc3)C2=O)o1. The highest BCUT2D eigenvalue weighted by Crippen LogP contribution is 2.34. The lowest BCUT2D eigenvalue weighted by molar-refractivity contribution is -0.384. The zero-order valence-electron chi connectivity index (χ0n) is 17.6. The molecule has 0 unspecified atom stereocenters. The number of imide groups is 1. The van der Waals surface area contributed by atoms with Crippen molar-refractivity contribution in [2.75, 3.05) is 11.9 Å². The first-order valence-electron chi connectivity index (χ1n) is 9.87. The highest BCUT2D eigenvalue weighted by Gasteiger charge is 2.36. The number of nitro groups is 1. The molecule has 1 fully saturated rings. The zero-order chi connectivity index (χ0) is 24.4.